The summed E-state index contributed by atoms with van der Waals surface area (Å²) in [6, 6.07) is 4.33. The third-order valence-electron chi connectivity index (χ3n) is 4.14. The van der Waals surface area contributed by atoms with E-state index in [1.54, 1.807) is 0 Å². The Bertz CT molecular complexity index is 706. The number of guanidine groups is 1. The lowest BCUT2D eigenvalue weighted by molar-refractivity contribution is 0.372. The van der Waals surface area contributed by atoms with Gasteiger partial charge in [0.2, 0.25) is 5.13 Å². The number of hydrogen-bond donors (Lipinski definition) is 1. The molecule has 2 aromatic heterocycles. The Hall–Kier alpha value is -0.940. The fourth-order valence-corrected chi connectivity index (χ4v) is 4.39. The summed E-state index contributed by atoms with van der Waals surface area (Å²) in [4.78, 5) is 16.8. The molecule has 2 aromatic rings. The summed E-state index contributed by atoms with van der Waals surface area (Å²) in [5.74, 6) is 1.96. The normalized spacial score (nSPS) is 15.1. The molecular formula is C17H27IN6S2. The van der Waals surface area contributed by atoms with E-state index in [0.29, 0.717) is 0 Å². The van der Waals surface area contributed by atoms with Gasteiger partial charge >= 0.3 is 0 Å². The largest absolute Gasteiger partial charge is 0.357 e. The van der Waals surface area contributed by atoms with Gasteiger partial charge in [-0.05, 0) is 26.0 Å². The minimum absolute atomic E-state index is 0. The number of halogens is 1. The molecule has 0 aromatic carbocycles. The molecule has 1 N–H and O–H groups in total. The maximum absolute atomic E-state index is 4.83. The van der Waals surface area contributed by atoms with Crippen LogP contribution in [0, 0.1) is 6.92 Å². The maximum atomic E-state index is 4.83. The molecule has 0 bridgehead atoms. The summed E-state index contributed by atoms with van der Waals surface area (Å²) in [5, 5.41) is 4.48. The molecule has 0 saturated carbocycles. The van der Waals surface area contributed by atoms with Crippen molar-refractivity contribution in [2.24, 2.45) is 4.99 Å². The third-order valence-corrected chi connectivity index (χ3v) is 5.94. The lowest BCUT2D eigenvalue weighted by atomic mass is 10.3. The molecule has 1 saturated heterocycles. The van der Waals surface area contributed by atoms with E-state index in [9.17, 15) is 0 Å². The highest BCUT2D eigenvalue weighted by Gasteiger charge is 2.22. The highest BCUT2D eigenvalue weighted by Crippen LogP contribution is 2.20. The lowest BCUT2D eigenvalue weighted by Gasteiger charge is -2.36. The molecule has 144 valence electrons. The summed E-state index contributed by atoms with van der Waals surface area (Å²) in [5.41, 5.74) is 0. The number of nitrogens with zero attached hydrogens (tertiary/aromatic N) is 5. The van der Waals surface area contributed by atoms with Crippen molar-refractivity contribution >= 4 is 57.9 Å². The first-order chi connectivity index (χ1) is 12.2. The van der Waals surface area contributed by atoms with Crippen molar-refractivity contribution in [1.82, 2.24) is 19.6 Å². The Morgan fingerprint density at radius 1 is 1.23 bits per heavy atom. The molecule has 0 atom stereocenters. The van der Waals surface area contributed by atoms with Gasteiger partial charge in [0.05, 0.1) is 6.54 Å². The van der Waals surface area contributed by atoms with Crippen molar-refractivity contribution in [3.8, 4) is 0 Å². The molecule has 1 fully saturated rings. The third kappa shape index (κ3) is 5.53. The van der Waals surface area contributed by atoms with E-state index >= 15 is 0 Å². The second-order valence-electron chi connectivity index (χ2n) is 6.00. The van der Waals surface area contributed by atoms with Crippen LogP contribution in [0.1, 0.15) is 29.4 Å². The molecule has 0 spiro atoms. The van der Waals surface area contributed by atoms with E-state index in [4.69, 9.17) is 4.99 Å². The van der Waals surface area contributed by atoms with Crippen LogP contribution >= 0.6 is 46.8 Å². The van der Waals surface area contributed by atoms with Gasteiger partial charge in [0.1, 0.15) is 5.82 Å². The minimum atomic E-state index is 0. The van der Waals surface area contributed by atoms with E-state index in [1.807, 2.05) is 11.3 Å². The molecule has 6 nitrogen and oxygen atoms in total. The quantitative estimate of drug-likeness (QED) is 0.383. The fraction of sp³-hybridized carbons (Fsp3) is 0.588. The Labute approximate surface area is 180 Å². The average molecular weight is 506 g/mol. The van der Waals surface area contributed by atoms with Crippen molar-refractivity contribution < 1.29 is 0 Å². The molecule has 0 aliphatic carbocycles. The number of aromatic nitrogens is 2. The van der Waals surface area contributed by atoms with E-state index in [2.05, 4.69) is 57.4 Å². The molecule has 26 heavy (non-hydrogen) atoms. The van der Waals surface area contributed by atoms with Crippen LogP contribution in [-0.2, 0) is 13.0 Å². The van der Waals surface area contributed by atoms with Crippen LogP contribution in [0.3, 0.4) is 0 Å². The van der Waals surface area contributed by atoms with Gasteiger partial charge in [0, 0.05) is 60.4 Å². The van der Waals surface area contributed by atoms with E-state index in [1.165, 1.54) is 21.3 Å². The Morgan fingerprint density at radius 3 is 2.58 bits per heavy atom. The summed E-state index contributed by atoms with van der Waals surface area (Å²) in [6.45, 7) is 11.8. The fourth-order valence-electron chi connectivity index (χ4n) is 2.78. The zero-order valence-electron chi connectivity index (χ0n) is 15.6. The number of rotatable bonds is 5. The number of piperazine rings is 1. The van der Waals surface area contributed by atoms with Gasteiger partial charge in [-0.3, -0.25) is 0 Å². The predicted molar refractivity (Wildman–Crippen MR) is 122 cm³/mol. The topological polar surface area (TPSA) is 56.7 Å². The highest BCUT2D eigenvalue weighted by molar-refractivity contribution is 14.0. The van der Waals surface area contributed by atoms with Crippen LogP contribution in [-0.4, -0.2) is 52.9 Å². The van der Waals surface area contributed by atoms with Crippen molar-refractivity contribution in [3.63, 3.8) is 0 Å². The number of hydrogen-bond acceptors (Lipinski definition) is 6. The number of thiophene rings is 1. The van der Waals surface area contributed by atoms with Gasteiger partial charge in [0.25, 0.3) is 0 Å². The zero-order chi connectivity index (χ0) is 17.6. The summed E-state index contributed by atoms with van der Waals surface area (Å²) >= 11 is 3.33. The number of anilines is 1. The smallest absolute Gasteiger partial charge is 0.205 e. The van der Waals surface area contributed by atoms with Crippen LogP contribution in [0.25, 0.3) is 0 Å². The van der Waals surface area contributed by atoms with Crippen LogP contribution in [0.5, 0.6) is 0 Å². The van der Waals surface area contributed by atoms with E-state index in [0.717, 1.165) is 62.6 Å². The predicted octanol–water partition coefficient (Wildman–Crippen LogP) is 3.38. The maximum Gasteiger partial charge on any atom is 0.205 e. The number of aliphatic imine (C=N–C) groups is 1. The van der Waals surface area contributed by atoms with Gasteiger partial charge in [-0.1, -0.05) is 6.92 Å². The molecule has 0 radical (unpaired) electrons. The van der Waals surface area contributed by atoms with Crippen molar-refractivity contribution in [3.05, 3.63) is 27.7 Å². The first-order valence-electron chi connectivity index (χ1n) is 8.85. The SMILES string of the molecule is CCNC(=NCc1ccc(C)s1)N1CCN(c2nc(CC)ns2)CC1.I. The molecule has 0 unspecified atom stereocenters. The van der Waals surface area contributed by atoms with Crippen molar-refractivity contribution in [2.45, 2.75) is 33.7 Å². The Balaban J connectivity index is 0.00000243. The Morgan fingerprint density at radius 2 is 2.00 bits per heavy atom. The van der Waals surface area contributed by atoms with E-state index < -0.39 is 0 Å². The molecule has 3 heterocycles. The van der Waals surface area contributed by atoms with E-state index in [-0.39, 0.29) is 24.0 Å². The van der Waals surface area contributed by atoms with Crippen LogP contribution in [0.15, 0.2) is 17.1 Å². The van der Waals surface area contributed by atoms with Gasteiger partial charge in [-0.15, -0.1) is 35.3 Å². The van der Waals surface area contributed by atoms with Gasteiger partial charge in [0.15, 0.2) is 5.96 Å². The monoisotopic (exact) mass is 506 g/mol. The summed E-state index contributed by atoms with van der Waals surface area (Å²) < 4.78 is 4.40. The minimum Gasteiger partial charge on any atom is -0.357 e. The van der Waals surface area contributed by atoms with Crippen LogP contribution in [0.2, 0.25) is 0 Å². The highest BCUT2D eigenvalue weighted by atomic mass is 127. The average Bonchev–Trinajstić information content (AvgIpc) is 3.27. The molecule has 0 amide bonds. The molecular weight excluding hydrogens is 479 g/mol. The zero-order valence-corrected chi connectivity index (χ0v) is 19.5. The first kappa shape index (κ1) is 21.4. The molecule has 9 heteroatoms. The second kappa shape index (κ2) is 10.4. The standard InChI is InChI=1S/C17H26N6S2.HI/c1-4-15-20-17(25-21-15)23-10-8-22(9-11-23)16(18-5-2)19-12-14-7-6-13(3)24-14;/h6-7H,4-5,8-12H2,1-3H3,(H,18,19);1H. The second-order valence-corrected chi connectivity index (χ2v) is 8.11. The lowest BCUT2D eigenvalue weighted by Crippen LogP contribution is -2.52. The first-order valence-corrected chi connectivity index (χ1v) is 10.4. The summed E-state index contributed by atoms with van der Waals surface area (Å²) in [7, 11) is 0. The molecule has 1 aliphatic heterocycles. The van der Waals surface area contributed by atoms with Crippen LogP contribution < -0.4 is 10.2 Å². The van der Waals surface area contributed by atoms with Crippen molar-refractivity contribution in [1.29, 1.82) is 0 Å². The van der Waals surface area contributed by atoms with Crippen LogP contribution in [0.4, 0.5) is 5.13 Å². The number of nitrogens with one attached hydrogen (secondary N) is 1. The molecule has 1 aliphatic rings. The summed E-state index contributed by atoms with van der Waals surface area (Å²) in [6.07, 6.45) is 0.899. The molecule has 3 rings (SSSR count). The van der Waals surface area contributed by atoms with Gasteiger partial charge in [-0.25, -0.2) is 9.98 Å². The van der Waals surface area contributed by atoms with Crippen molar-refractivity contribution in [2.75, 3.05) is 37.6 Å². The number of aryl methyl sites for hydroxylation is 2. The Kier molecular flexibility index (Phi) is 8.55. The van der Waals surface area contributed by atoms with Gasteiger partial charge < -0.3 is 15.1 Å². The van der Waals surface area contributed by atoms with Gasteiger partial charge in [-0.2, -0.15) is 4.37 Å².